The summed E-state index contributed by atoms with van der Waals surface area (Å²) in [6.45, 7) is 0.604. The Morgan fingerprint density at radius 3 is 2.45 bits per heavy atom. The number of aromatic nitrogens is 1. The monoisotopic (exact) mass is 332 g/mol. The number of phosphoric acid groups is 1. The van der Waals surface area contributed by atoms with Gasteiger partial charge in [-0.3, -0.25) is 9.32 Å². The van der Waals surface area contributed by atoms with Gasteiger partial charge in [-0.1, -0.05) is 6.07 Å². The lowest BCUT2D eigenvalue weighted by Crippen LogP contribution is -2.54. The van der Waals surface area contributed by atoms with Gasteiger partial charge in [0.25, 0.3) is 0 Å². The molecule has 2 rings (SSSR count). The van der Waals surface area contributed by atoms with Crippen LogP contribution in [0.3, 0.4) is 0 Å². The fourth-order valence-corrected chi connectivity index (χ4v) is 3.30. The van der Waals surface area contributed by atoms with E-state index in [1.165, 1.54) is 0 Å². The number of ketones is 1. The zero-order chi connectivity index (χ0) is 16.5. The molecule has 0 unspecified atom stereocenters. The molecule has 8 nitrogen and oxygen atoms in total. The van der Waals surface area contributed by atoms with Gasteiger partial charge in [0.15, 0.2) is 35.9 Å². The SMILES string of the molecule is CC(=O)[C@@]1(O)[C@@H](COP(=O)(O)O)C[C@@H]([n+]2ccccc2)[C@@H]1O. The van der Waals surface area contributed by atoms with Gasteiger partial charge in [0.2, 0.25) is 0 Å². The average Bonchev–Trinajstić information content (AvgIpc) is 2.71. The van der Waals surface area contributed by atoms with Gasteiger partial charge in [-0.2, -0.15) is 4.57 Å². The molecule has 0 radical (unpaired) electrons. The molecule has 22 heavy (non-hydrogen) atoms. The van der Waals surface area contributed by atoms with Crippen LogP contribution in [-0.2, 0) is 13.9 Å². The first kappa shape index (κ1) is 17.2. The van der Waals surface area contributed by atoms with Crippen LogP contribution < -0.4 is 4.57 Å². The number of Topliss-reactive ketones (excluding diaryl/α,β-unsaturated/α-hetero) is 1. The quantitative estimate of drug-likeness (QED) is 0.416. The molecule has 0 bridgehead atoms. The molecule has 1 fully saturated rings. The maximum absolute atomic E-state index is 11.8. The van der Waals surface area contributed by atoms with Crippen molar-refractivity contribution in [1.29, 1.82) is 0 Å². The molecule has 4 N–H and O–H groups in total. The normalized spacial score (nSPS) is 32.1. The van der Waals surface area contributed by atoms with Crippen molar-refractivity contribution in [3.63, 3.8) is 0 Å². The second-order valence-corrected chi connectivity index (χ2v) is 6.67. The lowest BCUT2D eigenvalue weighted by molar-refractivity contribution is -0.729. The Balaban J connectivity index is 2.29. The summed E-state index contributed by atoms with van der Waals surface area (Å²) < 4.78 is 16.9. The van der Waals surface area contributed by atoms with Gasteiger partial charge in [0.1, 0.15) is 0 Å². The fourth-order valence-electron chi connectivity index (χ4n) is 2.93. The third-order valence-corrected chi connectivity index (χ3v) is 4.58. The predicted octanol–water partition coefficient (Wildman–Crippen LogP) is -0.675. The summed E-state index contributed by atoms with van der Waals surface area (Å²) in [5.41, 5.74) is -2.11. The highest BCUT2D eigenvalue weighted by molar-refractivity contribution is 7.46. The summed E-state index contributed by atoms with van der Waals surface area (Å²) in [6.07, 6.45) is 2.11. The number of carbonyl (C=O) groups excluding carboxylic acids is 1. The minimum absolute atomic E-state index is 0.145. The number of pyridine rings is 1. The first-order chi connectivity index (χ1) is 10.2. The van der Waals surface area contributed by atoms with Gasteiger partial charge in [0, 0.05) is 24.5 Å². The highest BCUT2D eigenvalue weighted by Gasteiger charge is 2.60. The van der Waals surface area contributed by atoms with E-state index < -0.39 is 43.9 Å². The van der Waals surface area contributed by atoms with Gasteiger partial charge < -0.3 is 20.0 Å². The number of hydrogen-bond acceptors (Lipinski definition) is 5. The largest absolute Gasteiger partial charge is 0.469 e. The Kier molecular flexibility index (Phi) is 4.81. The summed E-state index contributed by atoms with van der Waals surface area (Å²) in [5, 5.41) is 21.0. The Labute approximate surface area is 127 Å². The first-order valence-electron chi connectivity index (χ1n) is 6.73. The number of rotatable bonds is 5. The van der Waals surface area contributed by atoms with Gasteiger partial charge in [-0.25, -0.2) is 4.57 Å². The molecule has 0 spiro atoms. The minimum atomic E-state index is -4.73. The molecule has 1 aliphatic rings. The van der Waals surface area contributed by atoms with Crippen LogP contribution in [0.25, 0.3) is 0 Å². The molecule has 1 aromatic heterocycles. The molecule has 122 valence electrons. The molecular weight excluding hydrogens is 313 g/mol. The number of hydrogen-bond donors (Lipinski definition) is 4. The second kappa shape index (κ2) is 6.16. The molecule has 1 saturated carbocycles. The third kappa shape index (κ3) is 3.27. The highest BCUT2D eigenvalue weighted by Crippen LogP contribution is 2.44. The van der Waals surface area contributed by atoms with Crippen molar-refractivity contribution in [2.24, 2.45) is 5.92 Å². The molecule has 0 amide bonds. The molecule has 1 aliphatic carbocycles. The Morgan fingerprint density at radius 1 is 1.36 bits per heavy atom. The lowest BCUT2D eigenvalue weighted by atomic mass is 9.86. The van der Waals surface area contributed by atoms with Crippen LogP contribution in [-0.4, -0.2) is 44.1 Å². The van der Waals surface area contributed by atoms with E-state index in [1.807, 2.05) is 0 Å². The minimum Gasteiger partial charge on any atom is -0.383 e. The van der Waals surface area contributed by atoms with E-state index in [4.69, 9.17) is 9.79 Å². The van der Waals surface area contributed by atoms with Gasteiger partial charge in [-0.05, 0) is 6.92 Å². The first-order valence-corrected chi connectivity index (χ1v) is 8.26. The van der Waals surface area contributed by atoms with Crippen molar-refractivity contribution in [2.75, 3.05) is 6.61 Å². The zero-order valence-electron chi connectivity index (χ0n) is 11.9. The highest BCUT2D eigenvalue weighted by atomic mass is 31.2. The van der Waals surface area contributed by atoms with E-state index in [0.29, 0.717) is 0 Å². The van der Waals surface area contributed by atoms with Crippen LogP contribution in [0.2, 0.25) is 0 Å². The second-order valence-electron chi connectivity index (χ2n) is 5.44. The van der Waals surface area contributed by atoms with Crippen molar-refractivity contribution >= 4 is 13.6 Å². The number of carbonyl (C=O) groups is 1. The van der Waals surface area contributed by atoms with Crippen LogP contribution in [0, 0.1) is 5.92 Å². The summed E-state index contributed by atoms with van der Waals surface area (Å²) in [7, 11) is -4.73. The van der Waals surface area contributed by atoms with Crippen molar-refractivity contribution in [3.05, 3.63) is 30.6 Å². The molecular formula is C13H19NO7P+. The lowest BCUT2D eigenvalue weighted by Gasteiger charge is -2.29. The average molecular weight is 332 g/mol. The molecule has 1 aromatic rings. The van der Waals surface area contributed by atoms with E-state index in [2.05, 4.69) is 4.52 Å². The Hall–Kier alpha value is -1.15. The number of aliphatic hydroxyl groups excluding tert-OH is 1. The van der Waals surface area contributed by atoms with E-state index in [1.54, 1.807) is 35.2 Å². The molecule has 9 heteroatoms. The van der Waals surface area contributed by atoms with Crippen LogP contribution in [0.1, 0.15) is 19.4 Å². The standard InChI is InChI=1S/C13H18NO7P/c1-9(15)13(17)10(8-21-22(18,19)20)7-11(12(13)16)14-5-3-2-4-6-14/h2-6,10-12,16-17H,7-8H2,1H3,(H-,18,19,20)/p+1/t10-,11-,12+,13-/m1/s1. The summed E-state index contributed by atoms with van der Waals surface area (Å²) >= 11 is 0. The van der Waals surface area contributed by atoms with Crippen molar-refractivity contribution in [1.82, 2.24) is 0 Å². The van der Waals surface area contributed by atoms with Crippen LogP contribution >= 0.6 is 7.82 Å². The van der Waals surface area contributed by atoms with E-state index in [0.717, 1.165) is 6.92 Å². The zero-order valence-corrected chi connectivity index (χ0v) is 12.8. The van der Waals surface area contributed by atoms with Crippen molar-refractivity contribution in [3.8, 4) is 0 Å². The van der Waals surface area contributed by atoms with E-state index in [9.17, 15) is 19.6 Å². The number of nitrogens with zero attached hydrogens (tertiary/aromatic N) is 1. The van der Waals surface area contributed by atoms with Crippen molar-refractivity contribution in [2.45, 2.75) is 31.1 Å². The summed E-state index contributed by atoms with van der Waals surface area (Å²) in [6, 6.07) is 4.65. The smallest absolute Gasteiger partial charge is 0.383 e. The maximum atomic E-state index is 11.8. The third-order valence-electron chi connectivity index (χ3n) is 4.09. The molecule has 0 aromatic carbocycles. The van der Waals surface area contributed by atoms with E-state index in [-0.39, 0.29) is 6.42 Å². The number of aliphatic hydroxyl groups is 2. The predicted molar refractivity (Wildman–Crippen MR) is 73.4 cm³/mol. The summed E-state index contributed by atoms with van der Waals surface area (Å²) in [4.78, 5) is 29.4. The topological polar surface area (TPSA) is 128 Å². The van der Waals surface area contributed by atoms with Crippen LogP contribution in [0.4, 0.5) is 0 Å². The van der Waals surface area contributed by atoms with Gasteiger partial charge in [-0.15, -0.1) is 0 Å². The molecule has 1 heterocycles. The molecule has 0 saturated heterocycles. The Morgan fingerprint density at radius 2 is 1.95 bits per heavy atom. The molecule has 0 aliphatic heterocycles. The van der Waals surface area contributed by atoms with E-state index >= 15 is 0 Å². The van der Waals surface area contributed by atoms with Gasteiger partial charge in [0.05, 0.1) is 6.61 Å². The Bertz CT molecular complexity index is 589. The molecule has 4 atom stereocenters. The summed E-state index contributed by atoms with van der Waals surface area (Å²) in [5.74, 6) is -1.59. The fraction of sp³-hybridized carbons (Fsp3) is 0.538. The van der Waals surface area contributed by atoms with Crippen LogP contribution in [0.5, 0.6) is 0 Å². The van der Waals surface area contributed by atoms with Crippen molar-refractivity contribution < 1.29 is 38.5 Å². The maximum Gasteiger partial charge on any atom is 0.469 e. The number of phosphoric ester groups is 1. The van der Waals surface area contributed by atoms with Gasteiger partial charge >= 0.3 is 7.82 Å². The van der Waals surface area contributed by atoms with Crippen LogP contribution in [0.15, 0.2) is 30.6 Å².